The Kier molecular flexibility index (Phi) is 5.99. The van der Waals surface area contributed by atoms with Crippen LogP contribution in [0.4, 0.5) is 0 Å². The number of likely N-dealkylation sites (tertiary alicyclic amines) is 1. The normalized spacial score (nSPS) is 20.3. The molecule has 1 aromatic heterocycles. The number of amides is 1. The van der Waals surface area contributed by atoms with Crippen molar-refractivity contribution in [2.45, 2.75) is 32.2 Å². The lowest BCUT2D eigenvalue weighted by atomic mass is 9.97. The summed E-state index contributed by atoms with van der Waals surface area (Å²) in [6.07, 6.45) is 3.66. The summed E-state index contributed by atoms with van der Waals surface area (Å²) >= 11 is 0. The third-order valence-corrected chi connectivity index (χ3v) is 5.90. The fourth-order valence-corrected chi connectivity index (χ4v) is 4.12. The fraction of sp³-hybridized carbons (Fsp3) is 0.435. The molecule has 0 spiro atoms. The van der Waals surface area contributed by atoms with Gasteiger partial charge in [0.05, 0.1) is 31.5 Å². The number of hydrazone groups is 1. The van der Waals surface area contributed by atoms with Gasteiger partial charge in [-0.2, -0.15) is 5.10 Å². The fourth-order valence-electron chi connectivity index (χ4n) is 4.12. The number of methoxy groups -OCH3 is 1. The molecule has 1 aromatic carbocycles. The van der Waals surface area contributed by atoms with E-state index < -0.39 is 0 Å². The Morgan fingerprint density at radius 2 is 1.90 bits per heavy atom. The number of hydrogen-bond acceptors (Lipinski definition) is 6. The summed E-state index contributed by atoms with van der Waals surface area (Å²) in [4.78, 5) is 27.0. The number of nitrogens with zero attached hydrogens (tertiary/aromatic N) is 3. The number of rotatable bonds is 5. The molecule has 30 heavy (non-hydrogen) atoms. The van der Waals surface area contributed by atoms with Gasteiger partial charge in [-0.15, -0.1) is 0 Å². The lowest BCUT2D eigenvalue weighted by Crippen LogP contribution is -2.43. The Balaban J connectivity index is 1.47. The molecule has 3 heterocycles. The van der Waals surface area contributed by atoms with Gasteiger partial charge >= 0.3 is 5.97 Å². The van der Waals surface area contributed by atoms with Gasteiger partial charge in [0.25, 0.3) is 5.91 Å². The minimum absolute atomic E-state index is 0.0602. The molecule has 2 aromatic rings. The van der Waals surface area contributed by atoms with Gasteiger partial charge in [0, 0.05) is 6.42 Å². The molecular weight excluding hydrogens is 382 g/mol. The van der Waals surface area contributed by atoms with Gasteiger partial charge in [0.2, 0.25) is 0 Å². The van der Waals surface area contributed by atoms with Gasteiger partial charge in [-0.05, 0) is 50.6 Å². The van der Waals surface area contributed by atoms with E-state index in [0.717, 1.165) is 17.0 Å². The summed E-state index contributed by atoms with van der Waals surface area (Å²) in [6.45, 7) is 3.71. The highest BCUT2D eigenvalue weighted by Gasteiger charge is 2.36. The second-order valence-corrected chi connectivity index (χ2v) is 7.96. The van der Waals surface area contributed by atoms with Gasteiger partial charge in [-0.25, -0.2) is 5.01 Å². The Hall–Kier alpha value is -2.93. The maximum atomic E-state index is 13.2. The van der Waals surface area contributed by atoms with Crippen LogP contribution >= 0.6 is 0 Å². The lowest BCUT2D eigenvalue weighted by Gasteiger charge is -2.31. The largest absolute Gasteiger partial charge is 0.469 e. The number of carbonyl (C=O) groups is 2. The van der Waals surface area contributed by atoms with Crippen LogP contribution in [-0.4, -0.2) is 54.2 Å². The van der Waals surface area contributed by atoms with E-state index in [0.29, 0.717) is 32.4 Å². The summed E-state index contributed by atoms with van der Waals surface area (Å²) in [5, 5.41) is 6.26. The quantitative estimate of drug-likeness (QED) is 0.709. The van der Waals surface area contributed by atoms with E-state index in [1.165, 1.54) is 12.7 Å². The Labute approximate surface area is 176 Å². The molecule has 4 rings (SSSR count). The van der Waals surface area contributed by atoms with Gasteiger partial charge in [0.1, 0.15) is 11.8 Å². The molecule has 0 N–H and O–H groups in total. The van der Waals surface area contributed by atoms with Crippen molar-refractivity contribution in [3.05, 3.63) is 59.5 Å². The first-order valence-corrected chi connectivity index (χ1v) is 10.4. The third-order valence-electron chi connectivity index (χ3n) is 5.90. The highest BCUT2D eigenvalue weighted by Crippen LogP contribution is 2.33. The van der Waals surface area contributed by atoms with E-state index in [2.05, 4.69) is 22.1 Å². The third kappa shape index (κ3) is 4.31. The molecule has 0 unspecified atom stereocenters. The first-order chi connectivity index (χ1) is 14.5. The van der Waals surface area contributed by atoms with Gasteiger partial charge < -0.3 is 9.15 Å². The van der Waals surface area contributed by atoms with E-state index in [4.69, 9.17) is 9.15 Å². The van der Waals surface area contributed by atoms with Crippen molar-refractivity contribution in [3.63, 3.8) is 0 Å². The lowest BCUT2D eigenvalue weighted by molar-refractivity contribution is -0.147. The predicted octanol–water partition coefficient (Wildman–Crippen LogP) is 3.15. The van der Waals surface area contributed by atoms with Crippen LogP contribution < -0.4 is 0 Å². The van der Waals surface area contributed by atoms with Crippen LogP contribution in [0.3, 0.4) is 0 Å². The molecule has 0 aliphatic carbocycles. The van der Waals surface area contributed by atoms with Crippen molar-refractivity contribution in [2.24, 2.45) is 11.0 Å². The minimum atomic E-state index is -0.239. The number of carbonyl (C=O) groups excluding carboxylic acids is 2. The van der Waals surface area contributed by atoms with Crippen LogP contribution in [0.15, 0.2) is 52.2 Å². The summed E-state index contributed by atoms with van der Waals surface area (Å²) in [5.41, 5.74) is 3.09. The summed E-state index contributed by atoms with van der Waals surface area (Å²) < 4.78 is 10.5. The second-order valence-electron chi connectivity index (χ2n) is 7.96. The van der Waals surface area contributed by atoms with Crippen LogP contribution in [-0.2, 0) is 14.3 Å². The van der Waals surface area contributed by atoms with Crippen molar-refractivity contribution < 1.29 is 18.7 Å². The number of hydrogen-bond donors (Lipinski definition) is 0. The topological polar surface area (TPSA) is 75.3 Å². The molecule has 0 bridgehead atoms. The van der Waals surface area contributed by atoms with E-state index in [1.54, 1.807) is 11.3 Å². The maximum absolute atomic E-state index is 13.2. The Bertz CT molecular complexity index is 912. The molecule has 2 aliphatic rings. The van der Waals surface area contributed by atoms with Crippen molar-refractivity contribution in [1.29, 1.82) is 0 Å². The number of piperidine rings is 1. The van der Waals surface area contributed by atoms with Crippen LogP contribution in [0, 0.1) is 12.8 Å². The van der Waals surface area contributed by atoms with Crippen LogP contribution in [0.2, 0.25) is 0 Å². The first-order valence-electron chi connectivity index (χ1n) is 10.4. The second kappa shape index (κ2) is 8.83. The van der Waals surface area contributed by atoms with Crippen molar-refractivity contribution in [1.82, 2.24) is 9.91 Å². The number of esters is 1. The zero-order chi connectivity index (χ0) is 21.1. The van der Waals surface area contributed by atoms with Gasteiger partial charge in [-0.3, -0.25) is 14.5 Å². The highest BCUT2D eigenvalue weighted by molar-refractivity contribution is 6.03. The smallest absolute Gasteiger partial charge is 0.308 e. The van der Waals surface area contributed by atoms with Crippen LogP contribution in [0.1, 0.15) is 42.2 Å². The number of furan rings is 1. The van der Waals surface area contributed by atoms with E-state index in [-0.39, 0.29) is 30.4 Å². The zero-order valence-electron chi connectivity index (χ0n) is 17.4. The number of aryl methyl sites for hydroxylation is 1. The average Bonchev–Trinajstić information content (AvgIpc) is 3.44. The van der Waals surface area contributed by atoms with Crippen LogP contribution in [0.25, 0.3) is 0 Å². The molecule has 1 fully saturated rings. The summed E-state index contributed by atoms with van der Waals surface area (Å²) in [5.74, 6) is 0.439. The monoisotopic (exact) mass is 409 g/mol. The standard InChI is InChI=1S/C23H27N3O4/c1-16-5-7-17(8-6-16)19-14-20(21-4-3-13-30-21)26(24-19)22(27)15-25-11-9-18(10-12-25)23(28)29-2/h3-8,13,18,20H,9-12,14-15H2,1-2H3/t20-/m1/s1. The van der Waals surface area contributed by atoms with Crippen molar-refractivity contribution in [3.8, 4) is 0 Å². The predicted molar refractivity (Wildman–Crippen MR) is 112 cm³/mol. The van der Waals surface area contributed by atoms with Gasteiger partial charge in [0.15, 0.2) is 0 Å². The number of benzene rings is 1. The molecule has 158 valence electrons. The molecule has 7 heteroatoms. The van der Waals surface area contributed by atoms with E-state index >= 15 is 0 Å². The van der Waals surface area contributed by atoms with Crippen molar-refractivity contribution in [2.75, 3.05) is 26.7 Å². The molecule has 2 aliphatic heterocycles. The molecule has 1 atom stereocenters. The average molecular weight is 409 g/mol. The molecule has 0 saturated carbocycles. The first kappa shape index (κ1) is 20.3. The zero-order valence-corrected chi connectivity index (χ0v) is 17.4. The van der Waals surface area contributed by atoms with Gasteiger partial charge in [-0.1, -0.05) is 29.8 Å². The van der Waals surface area contributed by atoms with E-state index in [1.807, 2.05) is 31.2 Å². The Morgan fingerprint density at radius 1 is 1.17 bits per heavy atom. The Morgan fingerprint density at radius 3 is 2.53 bits per heavy atom. The SMILES string of the molecule is COC(=O)C1CCN(CC(=O)N2N=C(c3ccc(C)cc3)C[C@@H]2c2ccco2)CC1. The molecule has 1 amide bonds. The number of ether oxygens (including phenoxy) is 1. The molecule has 7 nitrogen and oxygen atoms in total. The summed E-state index contributed by atoms with van der Waals surface area (Å²) in [6, 6.07) is 11.7. The van der Waals surface area contributed by atoms with Crippen molar-refractivity contribution >= 4 is 17.6 Å². The molecule has 0 radical (unpaired) electrons. The molecule has 1 saturated heterocycles. The maximum Gasteiger partial charge on any atom is 0.308 e. The summed E-state index contributed by atoms with van der Waals surface area (Å²) in [7, 11) is 1.42. The van der Waals surface area contributed by atoms with Crippen LogP contribution in [0.5, 0.6) is 0 Å². The minimum Gasteiger partial charge on any atom is -0.469 e. The highest BCUT2D eigenvalue weighted by atomic mass is 16.5. The molecular formula is C23H27N3O4. The van der Waals surface area contributed by atoms with E-state index in [9.17, 15) is 9.59 Å².